The monoisotopic (exact) mass is 268 g/mol. The molecule has 1 heterocycles. The number of nitriles is 2. The lowest BCUT2D eigenvalue weighted by molar-refractivity contribution is 0.186. The number of aliphatic hydroxyl groups excluding tert-OH is 1. The number of fused-ring (bicyclic) bond motifs is 1. The van der Waals surface area contributed by atoms with Crippen LogP contribution in [-0.2, 0) is 7.05 Å². The zero-order valence-corrected chi connectivity index (χ0v) is 11.0. The number of hydrogen-bond donors (Lipinski definition) is 2. The molecule has 1 atom stereocenters. The molecule has 7 heteroatoms. The standard InChI is InChI=1S/C13H12N6O/c1-8(20)13-16-11-5-9(3-4-12(11)19(13)2)17-18-10(6-14)7-15/h3-5,8,17,20H,1-2H3. The molecule has 7 nitrogen and oxygen atoms in total. The molecule has 2 aromatic rings. The lowest BCUT2D eigenvalue weighted by Crippen LogP contribution is -2.01. The third-order valence-corrected chi connectivity index (χ3v) is 2.80. The van der Waals surface area contributed by atoms with Crippen LogP contribution in [0.3, 0.4) is 0 Å². The van der Waals surface area contributed by atoms with Gasteiger partial charge < -0.3 is 9.67 Å². The number of aromatic nitrogens is 2. The molecule has 20 heavy (non-hydrogen) atoms. The van der Waals surface area contributed by atoms with Gasteiger partial charge in [-0.05, 0) is 25.1 Å². The van der Waals surface area contributed by atoms with Gasteiger partial charge in [-0.2, -0.15) is 15.6 Å². The predicted molar refractivity (Wildman–Crippen MR) is 73.6 cm³/mol. The van der Waals surface area contributed by atoms with E-state index in [4.69, 9.17) is 10.5 Å². The zero-order chi connectivity index (χ0) is 14.7. The van der Waals surface area contributed by atoms with E-state index in [1.807, 2.05) is 17.7 Å². The van der Waals surface area contributed by atoms with Crippen molar-refractivity contribution in [1.82, 2.24) is 9.55 Å². The second kappa shape index (κ2) is 5.39. The number of imidazole rings is 1. The van der Waals surface area contributed by atoms with Crippen molar-refractivity contribution in [2.45, 2.75) is 13.0 Å². The van der Waals surface area contributed by atoms with Gasteiger partial charge in [0.25, 0.3) is 0 Å². The van der Waals surface area contributed by atoms with Crippen LogP contribution in [0.1, 0.15) is 18.9 Å². The lowest BCUT2D eigenvalue weighted by Gasteiger charge is -2.03. The van der Waals surface area contributed by atoms with Crippen molar-refractivity contribution in [1.29, 1.82) is 10.5 Å². The number of nitrogens with one attached hydrogen (secondary N) is 1. The summed E-state index contributed by atoms with van der Waals surface area (Å²) in [6.45, 7) is 1.65. The fourth-order valence-electron chi connectivity index (χ4n) is 1.86. The molecule has 0 fully saturated rings. The molecule has 1 unspecified atom stereocenters. The van der Waals surface area contributed by atoms with Crippen LogP contribution in [0.5, 0.6) is 0 Å². The van der Waals surface area contributed by atoms with Crippen LogP contribution in [0.2, 0.25) is 0 Å². The first-order chi connectivity index (χ1) is 9.56. The third kappa shape index (κ3) is 2.44. The van der Waals surface area contributed by atoms with E-state index in [2.05, 4.69) is 15.5 Å². The first kappa shape index (κ1) is 13.5. The number of benzene rings is 1. The molecule has 0 aliphatic carbocycles. The summed E-state index contributed by atoms with van der Waals surface area (Å²) in [6.07, 6.45) is -0.661. The largest absolute Gasteiger partial charge is 0.385 e. The number of anilines is 1. The van der Waals surface area contributed by atoms with Crippen molar-refractivity contribution in [2.24, 2.45) is 12.1 Å². The topological polar surface area (TPSA) is 110 Å². The maximum absolute atomic E-state index is 9.62. The fraction of sp³-hybridized carbons (Fsp3) is 0.231. The summed E-state index contributed by atoms with van der Waals surface area (Å²) in [4.78, 5) is 4.33. The van der Waals surface area contributed by atoms with E-state index in [0.717, 1.165) is 5.52 Å². The van der Waals surface area contributed by atoms with Gasteiger partial charge in [-0.1, -0.05) is 0 Å². The van der Waals surface area contributed by atoms with Crippen molar-refractivity contribution in [3.05, 3.63) is 24.0 Å². The van der Waals surface area contributed by atoms with Gasteiger partial charge >= 0.3 is 0 Å². The summed E-state index contributed by atoms with van der Waals surface area (Å²) in [5, 5.41) is 30.5. The maximum Gasteiger partial charge on any atom is 0.237 e. The summed E-state index contributed by atoms with van der Waals surface area (Å²) in [6, 6.07) is 8.63. The Morgan fingerprint density at radius 1 is 1.45 bits per heavy atom. The molecule has 0 bridgehead atoms. The van der Waals surface area contributed by atoms with E-state index in [0.29, 0.717) is 17.0 Å². The Kier molecular flexibility index (Phi) is 3.65. The summed E-state index contributed by atoms with van der Waals surface area (Å²) in [5.74, 6) is 0.565. The Balaban J connectivity index is 2.38. The predicted octanol–water partition coefficient (Wildman–Crippen LogP) is 1.44. The van der Waals surface area contributed by atoms with Crippen LogP contribution in [0.4, 0.5) is 5.69 Å². The van der Waals surface area contributed by atoms with Crippen LogP contribution >= 0.6 is 0 Å². The molecule has 2 rings (SSSR count). The van der Waals surface area contributed by atoms with Gasteiger partial charge in [0, 0.05) is 7.05 Å². The van der Waals surface area contributed by atoms with E-state index in [1.165, 1.54) is 0 Å². The minimum atomic E-state index is -0.661. The Morgan fingerprint density at radius 2 is 2.15 bits per heavy atom. The number of hydrazone groups is 1. The molecular formula is C13H12N6O. The number of hydrogen-bond acceptors (Lipinski definition) is 6. The third-order valence-electron chi connectivity index (χ3n) is 2.80. The number of nitrogens with zero attached hydrogens (tertiary/aromatic N) is 5. The van der Waals surface area contributed by atoms with Crippen molar-refractivity contribution < 1.29 is 5.11 Å². The smallest absolute Gasteiger partial charge is 0.237 e. The average molecular weight is 268 g/mol. The molecule has 0 amide bonds. The Labute approximate surface area is 115 Å². The Hall–Kier alpha value is -2.90. The van der Waals surface area contributed by atoms with E-state index in [9.17, 15) is 5.11 Å². The van der Waals surface area contributed by atoms with E-state index in [-0.39, 0.29) is 5.71 Å². The van der Waals surface area contributed by atoms with Crippen LogP contribution in [-0.4, -0.2) is 20.4 Å². The minimum absolute atomic E-state index is 0.254. The first-order valence-electron chi connectivity index (χ1n) is 5.85. The molecule has 0 spiro atoms. The highest BCUT2D eigenvalue weighted by Gasteiger charge is 2.12. The average Bonchev–Trinajstić information content (AvgIpc) is 2.77. The SMILES string of the molecule is CC(O)c1nc2cc(NN=C(C#N)C#N)ccc2n1C. The molecule has 0 aliphatic rings. The van der Waals surface area contributed by atoms with Crippen LogP contribution in [0, 0.1) is 22.7 Å². The van der Waals surface area contributed by atoms with Crippen molar-refractivity contribution in [3.63, 3.8) is 0 Å². The van der Waals surface area contributed by atoms with Gasteiger partial charge in [-0.15, -0.1) is 0 Å². The number of rotatable bonds is 3. The molecule has 0 saturated carbocycles. The number of aryl methyl sites for hydroxylation is 1. The van der Waals surface area contributed by atoms with E-state index >= 15 is 0 Å². The minimum Gasteiger partial charge on any atom is -0.385 e. The Morgan fingerprint density at radius 3 is 2.75 bits per heavy atom. The summed E-state index contributed by atoms with van der Waals surface area (Å²) < 4.78 is 1.81. The van der Waals surface area contributed by atoms with Gasteiger partial charge in [0.05, 0.1) is 16.7 Å². The van der Waals surface area contributed by atoms with Crippen LogP contribution < -0.4 is 5.43 Å². The van der Waals surface area contributed by atoms with Gasteiger partial charge in [0.2, 0.25) is 5.71 Å². The molecule has 100 valence electrons. The van der Waals surface area contributed by atoms with Gasteiger partial charge in [0.1, 0.15) is 24.1 Å². The quantitative estimate of drug-likeness (QED) is 0.646. The second-order valence-corrected chi connectivity index (χ2v) is 4.20. The van der Waals surface area contributed by atoms with Gasteiger partial charge in [-0.3, -0.25) is 5.43 Å². The van der Waals surface area contributed by atoms with E-state index in [1.54, 1.807) is 31.2 Å². The molecule has 1 aromatic carbocycles. The normalized spacial score (nSPS) is 11.4. The van der Waals surface area contributed by atoms with Crippen molar-refractivity contribution in [3.8, 4) is 12.1 Å². The molecule has 1 aromatic heterocycles. The van der Waals surface area contributed by atoms with Crippen molar-refractivity contribution >= 4 is 22.4 Å². The molecule has 0 saturated heterocycles. The zero-order valence-electron chi connectivity index (χ0n) is 11.0. The molecular weight excluding hydrogens is 256 g/mol. The molecule has 2 N–H and O–H groups in total. The Bertz CT molecular complexity index is 743. The highest BCUT2D eigenvalue weighted by molar-refractivity contribution is 6.10. The lowest BCUT2D eigenvalue weighted by atomic mass is 10.3. The number of aliphatic hydroxyl groups is 1. The van der Waals surface area contributed by atoms with Crippen LogP contribution in [0.15, 0.2) is 23.3 Å². The maximum atomic E-state index is 9.62. The van der Waals surface area contributed by atoms with Gasteiger partial charge in [-0.25, -0.2) is 4.98 Å². The highest BCUT2D eigenvalue weighted by atomic mass is 16.3. The molecule has 0 aliphatic heterocycles. The van der Waals surface area contributed by atoms with Gasteiger partial charge in [0.15, 0.2) is 0 Å². The van der Waals surface area contributed by atoms with Crippen LogP contribution in [0.25, 0.3) is 11.0 Å². The van der Waals surface area contributed by atoms with E-state index < -0.39 is 6.10 Å². The summed E-state index contributed by atoms with van der Waals surface area (Å²) >= 11 is 0. The second-order valence-electron chi connectivity index (χ2n) is 4.20. The summed E-state index contributed by atoms with van der Waals surface area (Å²) in [5.41, 5.74) is 4.55. The highest BCUT2D eigenvalue weighted by Crippen LogP contribution is 2.22. The molecule has 0 radical (unpaired) electrons. The summed E-state index contributed by atoms with van der Waals surface area (Å²) in [7, 11) is 1.83. The fourth-order valence-corrected chi connectivity index (χ4v) is 1.86. The first-order valence-corrected chi connectivity index (χ1v) is 5.85. The van der Waals surface area contributed by atoms with Crippen molar-refractivity contribution in [2.75, 3.05) is 5.43 Å².